The van der Waals surface area contributed by atoms with Gasteiger partial charge in [-0.3, -0.25) is 0 Å². The van der Waals surface area contributed by atoms with Crippen LogP contribution in [-0.2, 0) is 6.54 Å². The van der Waals surface area contributed by atoms with Crippen LogP contribution in [0.5, 0.6) is 0 Å². The van der Waals surface area contributed by atoms with E-state index in [9.17, 15) is 4.79 Å². The summed E-state index contributed by atoms with van der Waals surface area (Å²) in [4.78, 5) is 14.8. The highest BCUT2D eigenvalue weighted by molar-refractivity contribution is 6.30. The summed E-state index contributed by atoms with van der Waals surface area (Å²) in [5, 5.41) is 3.82. The van der Waals surface area contributed by atoms with E-state index < -0.39 is 0 Å². The lowest BCUT2D eigenvalue weighted by Gasteiger charge is -2.27. The van der Waals surface area contributed by atoms with E-state index in [2.05, 4.69) is 5.32 Å². The second kappa shape index (κ2) is 9.93. The number of nitrogens with one attached hydrogen (secondary N) is 1. The van der Waals surface area contributed by atoms with Crippen molar-refractivity contribution in [3.8, 4) is 0 Å². The number of urea groups is 1. The van der Waals surface area contributed by atoms with E-state index in [4.69, 9.17) is 17.3 Å². The van der Waals surface area contributed by atoms with Crippen LogP contribution in [0, 0.1) is 0 Å². The van der Waals surface area contributed by atoms with Crippen molar-refractivity contribution in [2.75, 3.05) is 13.1 Å². The van der Waals surface area contributed by atoms with Gasteiger partial charge in [0.05, 0.1) is 6.04 Å². The van der Waals surface area contributed by atoms with Crippen molar-refractivity contribution in [2.45, 2.75) is 12.6 Å². The highest BCUT2D eigenvalue weighted by Gasteiger charge is 2.20. The molecule has 0 saturated carbocycles. The van der Waals surface area contributed by atoms with Gasteiger partial charge in [0, 0.05) is 24.7 Å². The molecular weight excluding hydrogens is 370 g/mol. The molecule has 3 aromatic carbocycles. The Kier molecular flexibility index (Phi) is 7.06. The van der Waals surface area contributed by atoms with Crippen molar-refractivity contribution in [1.29, 1.82) is 0 Å². The molecule has 0 aliphatic rings. The van der Waals surface area contributed by atoms with Gasteiger partial charge in [-0.2, -0.15) is 0 Å². The first-order chi connectivity index (χ1) is 13.7. The zero-order chi connectivity index (χ0) is 19.8. The summed E-state index contributed by atoms with van der Waals surface area (Å²) in [5.41, 5.74) is 8.77. The molecule has 144 valence electrons. The lowest BCUT2D eigenvalue weighted by Crippen LogP contribution is -2.43. The van der Waals surface area contributed by atoms with E-state index in [-0.39, 0.29) is 12.1 Å². The van der Waals surface area contributed by atoms with E-state index in [1.807, 2.05) is 84.9 Å². The molecule has 3 aromatic rings. The van der Waals surface area contributed by atoms with E-state index in [0.717, 1.165) is 16.7 Å². The lowest BCUT2D eigenvalue weighted by atomic mass is 9.99. The average Bonchev–Trinajstić information content (AvgIpc) is 2.73. The van der Waals surface area contributed by atoms with Crippen LogP contribution in [0.3, 0.4) is 0 Å². The Labute approximate surface area is 170 Å². The summed E-state index contributed by atoms with van der Waals surface area (Å²) in [5.74, 6) is 0. The zero-order valence-electron chi connectivity index (χ0n) is 15.6. The van der Waals surface area contributed by atoms with E-state index >= 15 is 0 Å². The molecule has 0 saturated heterocycles. The molecule has 0 radical (unpaired) electrons. The number of nitrogens with zero attached hydrogens (tertiary/aromatic N) is 1. The van der Waals surface area contributed by atoms with Crippen LogP contribution in [-0.4, -0.2) is 24.0 Å². The molecule has 0 aromatic heterocycles. The van der Waals surface area contributed by atoms with Crippen LogP contribution in [0.2, 0.25) is 5.02 Å². The van der Waals surface area contributed by atoms with Crippen LogP contribution in [0.25, 0.3) is 0 Å². The molecular formula is C23H24ClN3O. The normalized spacial score (nSPS) is 10.7. The molecule has 4 nitrogen and oxygen atoms in total. The highest BCUT2D eigenvalue weighted by Crippen LogP contribution is 2.22. The summed E-state index contributed by atoms with van der Waals surface area (Å²) < 4.78 is 0. The first kappa shape index (κ1) is 19.9. The first-order valence-corrected chi connectivity index (χ1v) is 9.65. The number of benzene rings is 3. The molecule has 3 rings (SSSR count). The Morgan fingerprint density at radius 3 is 2.07 bits per heavy atom. The number of rotatable bonds is 7. The van der Waals surface area contributed by atoms with Gasteiger partial charge in [-0.25, -0.2) is 4.79 Å². The predicted molar refractivity (Wildman–Crippen MR) is 114 cm³/mol. The number of amides is 2. The largest absolute Gasteiger partial charge is 0.329 e. The minimum Gasteiger partial charge on any atom is -0.329 e. The smallest absolute Gasteiger partial charge is 0.318 e. The fraction of sp³-hybridized carbons (Fsp3) is 0.174. The van der Waals surface area contributed by atoms with Gasteiger partial charge in [-0.1, -0.05) is 84.4 Å². The van der Waals surface area contributed by atoms with E-state index in [0.29, 0.717) is 24.7 Å². The number of hydrogen-bond acceptors (Lipinski definition) is 2. The molecule has 0 heterocycles. The van der Waals surface area contributed by atoms with Gasteiger partial charge in [-0.05, 0) is 28.8 Å². The molecule has 0 bridgehead atoms. The first-order valence-electron chi connectivity index (χ1n) is 9.27. The third-order valence-electron chi connectivity index (χ3n) is 4.48. The Morgan fingerprint density at radius 1 is 0.929 bits per heavy atom. The third kappa shape index (κ3) is 5.35. The fourth-order valence-corrected chi connectivity index (χ4v) is 3.34. The maximum atomic E-state index is 13.1. The predicted octanol–water partition coefficient (Wildman–Crippen LogP) is 4.60. The van der Waals surface area contributed by atoms with Gasteiger partial charge in [0.1, 0.15) is 0 Å². The maximum Gasteiger partial charge on any atom is 0.318 e. The standard InChI is InChI=1S/C23H24ClN3O/c24-21-13-7-8-18(16-21)17-27(15-14-25)23(28)26-22(19-9-3-1-4-10-19)20-11-5-2-6-12-20/h1-13,16,22H,14-15,17,25H2,(H,26,28). The van der Waals surface area contributed by atoms with Crippen molar-refractivity contribution in [3.63, 3.8) is 0 Å². The average molecular weight is 394 g/mol. The monoisotopic (exact) mass is 393 g/mol. The maximum absolute atomic E-state index is 13.1. The number of carbonyl (C=O) groups excluding carboxylic acids is 1. The van der Waals surface area contributed by atoms with Gasteiger partial charge >= 0.3 is 6.03 Å². The zero-order valence-corrected chi connectivity index (χ0v) is 16.3. The van der Waals surface area contributed by atoms with Crippen molar-refractivity contribution in [1.82, 2.24) is 10.2 Å². The molecule has 3 N–H and O–H groups in total. The van der Waals surface area contributed by atoms with Gasteiger partial charge in [-0.15, -0.1) is 0 Å². The van der Waals surface area contributed by atoms with Gasteiger partial charge < -0.3 is 16.0 Å². The Hall–Kier alpha value is -2.82. The van der Waals surface area contributed by atoms with Crippen molar-refractivity contribution in [2.24, 2.45) is 5.73 Å². The Balaban J connectivity index is 1.82. The van der Waals surface area contributed by atoms with Crippen molar-refractivity contribution < 1.29 is 4.79 Å². The lowest BCUT2D eigenvalue weighted by molar-refractivity contribution is 0.194. The van der Waals surface area contributed by atoms with E-state index in [1.54, 1.807) is 4.90 Å². The summed E-state index contributed by atoms with van der Waals surface area (Å²) in [6, 6.07) is 27.0. The van der Waals surface area contributed by atoms with Crippen LogP contribution in [0.15, 0.2) is 84.9 Å². The van der Waals surface area contributed by atoms with Crippen LogP contribution < -0.4 is 11.1 Å². The van der Waals surface area contributed by atoms with Gasteiger partial charge in [0.2, 0.25) is 0 Å². The molecule has 5 heteroatoms. The highest BCUT2D eigenvalue weighted by atomic mass is 35.5. The second-order valence-corrected chi connectivity index (χ2v) is 6.98. The number of nitrogens with two attached hydrogens (primary N) is 1. The second-order valence-electron chi connectivity index (χ2n) is 6.54. The van der Waals surface area contributed by atoms with Crippen LogP contribution in [0.4, 0.5) is 4.79 Å². The van der Waals surface area contributed by atoms with Crippen molar-refractivity contribution in [3.05, 3.63) is 107 Å². The fourth-order valence-electron chi connectivity index (χ4n) is 3.13. The molecule has 0 unspecified atom stereocenters. The minimum atomic E-state index is -0.241. The van der Waals surface area contributed by atoms with Gasteiger partial charge in [0.25, 0.3) is 0 Å². The molecule has 0 fully saturated rings. The van der Waals surface area contributed by atoms with Crippen LogP contribution >= 0.6 is 11.6 Å². The number of halogens is 1. The third-order valence-corrected chi connectivity index (χ3v) is 4.72. The molecule has 0 spiro atoms. The molecule has 0 atom stereocenters. The quantitative estimate of drug-likeness (QED) is 0.616. The molecule has 0 aliphatic carbocycles. The summed E-state index contributed by atoms with van der Waals surface area (Å²) >= 11 is 6.09. The topological polar surface area (TPSA) is 58.4 Å². The molecule has 28 heavy (non-hydrogen) atoms. The minimum absolute atomic E-state index is 0.164. The summed E-state index contributed by atoms with van der Waals surface area (Å²) in [6.07, 6.45) is 0. The van der Waals surface area contributed by atoms with Crippen LogP contribution in [0.1, 0.15) is 22.7 Å². The molecule has 0 aliphatic heterocycles. The summed E-state index contributed by atoms with van der Waals surface area (Å²) in [7, 11) is 0. The molecule has 2 amide bonds. The number of carbonyl (C=O) groups is 1. The van der Waals surface area contributed by atoms with E-state index in [1.165, 1.54) is 0 Å². The Morgan fingerprint density at radius 2 is 1.54 bits per heavy atom. The van der Waals surface area contributed by atoms with Gasteiger partial charge in [0.15, 0.2) is 0 Å². The SMILES string of the molecule is NCCN(Cc1cccc(Cl)c1)C(=O)NC(c1ccccc1)c1ccccc1. The van der Waals surface area contributed by atoms with Crippen molar-refractivity contribution >= 4 is 17.6 Å². The summed E-state index contributed by atoms with van der Waals surface area (Å²) in [6.45, 7) is 1.28. The number of hydrogen-bond donors (Lipinski definition) is 2. The Bertz CT molecular complexity index is 847.